The van der Waals surface area contributed by atoms with Crippen LogP contribution in [0.15, 0.2) is 36.4 Å². The number of amides is 1. The lowest BCUT2D eigenvalue weighted by atomic mass is 10.1. The zero-order valence-corrected chi connectivity index (χ0v) is 19.7. The molecule has 3 aromatic rings. The molecule has 9 heteroatoms. The Morgan fingerprint density at radius 1 is 1.15 bits per heavy atom. The Hall–Kier alpha value is -3.88. The van der Waals surface area contributed by atoms with Gasteiger partial charge in [0.05, 0.1) is 23.0 Å². The minimum atomic E-state index is -0.727. The molecule has 1 aromatic carbocycles. The minimum absolute atomic E-state index is 0.117. The van der Waals surface area contributed by atoms with Crippen LogP contribution >= 0.6 is 0 Å². The van der Waals surface area contributed by atoms with Crippen LogP contribution in [0.1, 0.15) is 70.4 Å². The normalized spacial score (nSPS) is 13.1. The number of nitrogens with one attached hydrogen (secondary N) is 2. The van der Waals surface area contributed by atoms with E-state index in [1.807, 2.05) is 36.4 Å². The number of rotatable bonds is 8. The maximum atomic E-state index is 12.6. The number of para-hydroxylation sites is 1. The molecule has 2 heterocycles. The van der Waals surface area contributed by atoms with Gasteiger partial charge in [-0.25, -0.2) is 14.3 Å². The average Bonchev–Trinajstić information content (AvgIpc) is 3.49. The number of carbonyl (C=O) groups is 3. The van der Waals surface area contributed by atoms with Gasteiger partial charge in [-0.3, -0.25) is 4.79 Å². The van der Waals surface area contributed by atoms with Gasteiger partial charge < -0.3 is 19.8 Å². The molecular formula is C25H28N4O5. The van der Waals surface area contributed by atoms with E-state index in [-0.39, 0.29) is 11.8 Å². The molecule has 4 rings (SSSR count). The largest absolute Gasteiger partial charge is 0.459 e. The second-order valence-corrected chi connectivity index (χ2v) is 8.68. The number of aryl methyl sites for hydroxylation is 1. The summed E-state index contributed by atoms with van der Waals surface area (Å²) in [4.78, 5) is 40.4. The number of nitrogens with zero attached hydrogens (tertiary/aromatic N) is 2. The second kappa shape index (κ2) is 9.54. The third-order valence-electron chi connectivity index (χ3n) is 5.51. The van der Waals surface area contributed by atoms with Gasteiger partial charge in [0.25, 0.3) is 5.91 Å². The number of hydrogen-bond donors (Lipinski definition) is 2. The first-order valence-corrected chi connectivity index (χ1v) is 11.3. The maximum absolute atomic E-state index is 12.6. The highest BCUT2D eigenvalue weighted by molar-refractivity contribution is 5.99. The summed E-state index contributed by atoms with van der Waals surface area (Å²) in [5.74, 6) is -0.810. The van der Waals surface area contributed by atoms with Gasteiger partial charge in [0, 0.05) is 17.7 Å². The van der Waals surface area contributed by atoms with Gasteiger partial charge in [0.2, 0.25) is 0 Å². The monoisotopic (exact) mass is 464 g/mol. The molecule has 0 saturated heterocycles. The first-order chi connectivity index (χ1) is 16.2. The van der Waals surface area contributed by atoms with Crippen molar-refractivity contribution in [2.75, 3.05) is 11.9 Å². The molecule has 1 saturated carbocycles. The fourth-order valence-corrected chi connectivity index (χ4v) is 3.75. The van der Waals surface area contributed by atoms with E-state index in [9.17, 15) is 14.4 Å². The highest BCUT2D eigenvalue weighted by atomic mass is 16.5. The predicted molar refractivity (Wildman–Crippen MR) is 125 cm³/mol. The first-order valence-electron chi connectivity index (χ1n) is 11.3. The lowest BCUT2D eigenvalue weighted by Crippen LogP contribution is -2.22. The average molecular weight is 465 g/mol. The minimum Gasteiger partial charge on any atom is -0.459 e. The molecule has 1 aliphatic rings. The van der Waals surface area contributed by atoms with Crippen molar-refractivity contribution in [1.29, 1.82) is 0 Å². The van der Waals surface area contributed by atoms with E-state index in [0.29, 0.717) is 28.6 Å². The van der Waals surface area contributed by atoms with E-state index in [1.165, 1.54) is 0 Å². The van der Waals surface area contributed by atoms with Crippen molar-refractivity contribution >= 4 is 23.7 Å². The fraction of sp³-hybridized carbons (Fsp3) is 0.360. The van der Waals surface area contributed by atoms with Crippen molar-refractivity contribution in [3.8, 4) is 5.69 Å². The number of hydrogen-bond acceptors (Lipinski definition) is 6. The molecule has 0 bridgehead atoms. The SMILES string of the molecule is Cc1[nH]c(C(=O)OCC(=O)Nc2cc(C3CC3)nn2-c2ccccc2)c(C)c1C(=O)OC(C)C. The zero-order chi connectivity index (χ0) is 24.4. The third kappa shape index (κ3) is 5.03. The molecule has 178 valence electrons. The number of benzene rings is 1. The Kier molecular flexibility index (Phi) is 6.54. The maximum Gasteiger partial charge on any atom is 0.355 e. The Balaban J connectivity index is 1.43. The van der Waals surface area contributed by atoms with Crippen LogP contribution in [0.2, 0.25) is 0 Å². The van der Waals surface area contributed by atoms with Gasteiger partial charge >= 0.3 is 11.9 Å². The molecule has 0 spiro atoms. The van der Waals surface area contributed by atoms with Crippen LogP contribution in [0.3, 0.4) is 0 Å². The number of anilines is 1. The van der Waals surface area contributed by atoms with E-state index >= 15 is 0 Å². The van der Waals surface area contributed by atoms with E-state index in [0.717, 1.165) is 24.2 Å². The molecular weight excluding hydrogens is 436 g/mol. The van der Waals surface area contributed by atoms with Crippen LogP contribution in [-0.2, 0) is 14.3 Å². The van der Waals surface area contributed by atoms with Crippen molar-refractivity contribution in [1.82, 2.24) is 14.8 Å². The molecule has 0 radical (unpaired) electrons. The number of esters is 2. The van der Waals surface area contributed by atoms with E-state index in [2.05, 4.69) is 15.4 Å². The number of ether oxygens (including phenoxy) is 2. The van der Waals surface area contributed by atoms with Gasteiger partial charge in [-0.15, -0.1) is 0 Å². The number of H-pyrrole nitrogens is 1. The van der Waals surface area contributed by atoms with Crippen LogP contribution in [0.25, 0.3) is 5.69 Å². The molecule has 9 nitrogen and oxygen atoms in total. The lowest BCUT2D eigenvalue weighted by Gasteiger charge is -2.09. The van der Waals surface area contributed by atoms with Crippen molar-refractivity contribution in [2.24, 2.45) is 0 Å². The highest BCUT2D eigenvalue weighted by Crippen LogP contribution is 2.40. The molecule has 34 heavy (non-hydrogen) atoms. The van der Waals surface area contributed by atoms with Crippen LogP contribution in [0, 0.1) is 13.8 Å². The molecule has 1 fully saturated rings. The summed E-state index contributed by atoms with van der Waals surface area (Å²) >= 11 is 0. The van der Waals surface area contributed by atoms with Crippen molar-refractivity contribution < 1.29 is 23.9 Å². The Morgan fingerprint density at radius 2 is 1.85 bits per heavy atom. The summed E-state index contributed by atoms with van der Waals surface area (Å²) in [5.41, 5.74) is 3.08. The van der Waals surface area contributed by atoms with Gasteiger partial charge in [-0.1, -0.05) is 18.2 Å². The second-order valence-electron chi connectivity index (χ2n) is 8.68. The summed E-state index contributed by atoms with van der Waals surface area (Å²) in [6, 6.07) is 11.4. The Bertz CT molecular complexity index is 1220. The van der Waals surface area contributed by atoms with Gasteiger partial charge in [-0.05, 0) is 58.2 Å². The van der Waals surface area contributed by atoms with Gasteiger partial charge in [0.15, 0.2) is 6.61 Å². The summed E-state index contributed by atoms with van der Waals surface area (Å²) in [7, 11) is 0. The zero-order valence-electron chi connectivity index (χ0n) is 19.7. The number of aromatic amines is 1. The smallest absolute Gasteiger partial charge is 0.355 e. The summed E-state index contributed by atoms with van der Waals surface area (Å²) in [6.07, 6.45) is 1.88. The van der Waals surface area contributed by atoms with Gasteiger partial charge in [-0.2, -0.15) is 5.10 Å². The quantitative estimate of drug-likeness (QED) is 0.486. The highest BCUT2D eigenvalue weighted by Gasteiger charge is 2.28. The first kappa shape index (κ1) is 23.3. The van der Waals surface area contributed by atoms with Crippen LogP contribution in [-0.4, -0.2) is 45.3 Å². The standard InChI is InChI=1S/C25H28N4O5/c1-14(2)34-24(31)22-15(3)23(26-16(22)4)25(32)33-13-21(30)27-20-12-19(17-10-11-17)28-29(20)18-8-6-5-7-9-18/h5-9,12,14,17,26H,10-11,13H2,1-4H3,(H,27,30). The molecule has 2 N–H and O–H groups in total. The van der Waals surface area contributed by atoms with Crippen LogP contribution < -0.4 is 5.32 Å². The number of aromatic nitrogens is 3. The molecule has 0 unspecified atom stereocenters. The van der Waals surface area contributed by atoms with E-state index < -0.39 is 24.5 Å². The summed E-state index contributed by atoms with van der Waals surface area (Å²) < 4.78 is 12.1. The molecule has 0 aliphatic heterocycles. The van der Waals surface area contributed by atoms with Crippen LogP contribution in [0.5, 0.6) is 0 Å². The van der Waals surface area contributed by atoms with Crippen molar-refractivity contribution in [2.45, 2.75) is 52.6 Å². The molecule has 1 aliphatic carbocycles. The van der Waals surface area contributed by atoms with E-state index in [1.54, 1.807) is 32.4 Å². The van der Waals surface area contributed by atoms with Crippen LogP contribution in [0.4, 0.5) is 5.82 Å². The summed E-state index contributed by atoms with van der Waals surface area (Å²) in [5, 5.41) is 7.43. The van der Waals surface area contributed by atoms with Crippen molar-refractivity contribution in [3.63, 3.8) is 0 Å². The molecule has 0 atom stereocenters. The fourth-order valence-electron chi connectivity index (χ4n) is 3.75. The topological polar surface area (TPSA) is 115 Å². The Labute approximate surface area is 197 Å². The molecule has 1 amide bonds. The third-order valence-corrected chi connectivity index (χ3v) is 5.51. The molecule has 2 aromatic heterocycles. The van der Waals surface area contributed by atoms with E-state index in [4.69, 9.17) is 9.47 Å². The van der Waals surface area contributed by atoms with Crippen molar-refractivity contribution in [3.05, 3.63) is 64.6 Å². The number of carbonyl (C=O) groups excluding carboxylic acids is 3. The summed E-state index contributed by atoms with van der Waals surface area (Å²) in [6.45, 7) is 6.33. The van der Waals surface area contributed by atoms with Gasteiger partial charge in [0.1, 0.15) is 11.5 Å². The lowest BCUT2D eigenvalue weighted by molar-refractivity contribution is -0.119. The Morgan fingerprint density at radius 3 is 2.50 bits per heavy atom. The predicted octanol–water partition coefficient (Wildman–Crippen LogP) is 4.06.